The van der Waals surface area contributed by atoms with Crippen molar-refractivity contribution < 1.29 is 23.1 Å². The Morgan fingerprint density at radius 2 is 2.09 bits per heavy atom. The normalized spacial score (nSPS) is 15.9. The molecule has 0 bridgehead atoms. The fourth-order valence-corrected chi connectivity index (χ4v) is 3.71. The largest absolute Gasteiger partial charge is 0.480 e. The SMILES string of the molecule is CC(C)C[C@@H](NS(=O)(=O)c1ccc2c(c1)C(=O)NCC2)C(=O)O. The lowest BCUT2D eigenvalue weighted by Crippen LogP contribution is -2.41. The lowest BCUT2D eigenvalue weighted by Gasteiger charge is -2.19. The Morgan fingerprint density at radius 3 is 2.70 bits per heavy atom. The smallest absolute Gasteiger partial charge is 0.321 e. The molecule has 126 valence electrons. The number of aliphatic carboxylic acids is 1. The van der Waals surface area contributed by atoms with E-state index in [9.17, 15) is 23.1 Å². The van der Waals surface area contributed by atoms with E-state index in [1.165, 1.54) is 12.1 Å². The first-order valence-electron chi connectivity index (χ1n) is 7.37. The second kappa shape index (κ2) is 6.67. The molecule has 2 rings (SSSR count). The summed E-state index contributed by atoms with van der Waals surface area (Å²) in [5.41, 5.74) is 1.10. The Hall–Kier alpha value is -1.93. The van der Waals surface area contributed by atoms with Crippen molar-refractivity contribution in [3.05, 3.63) is 29.3 Å². The lowest BCUT2D eigenvalue weighted by atomic mass is 10.0. The molecule has 0 saturated carbocycles. The summed E-state index contributed by atoms with van der Waals surface area (Å²) in [6, 6.07) is 3.08. The molecule has 1 amide bonds. The summed E-state index contributed by atoms with van der Waals surface area (Å²) in [6.07, 6.45) is 0.819. The predicted octanol–water partition coefficient (Wildman–Crippen LogP) is 0.750. The van der Waals surface area contributed by atoms with Crippen LogP contribution in [0, 0.1) is 5.92 Å². The van der Waals surface area contributed by atoms with Crippen LogP contribution < -0.4 is 10.0 Å². The zero-order chi connectivity index (χ0) is 17.2. The van der Waals surface area contributed by atoms with Gasteiger partial charge in [0.25, 0.3) is 5.91 Å². The molecule has 0 spiro atoms. The highest BCUT2D eigenvalue weighted by Crippen LogP contribution is 2.20. The van der Waals surface area contributed by atoms with Gasteiger partial charge < -0.3 is 10.4 Å². The maximum Gasteiger partial charge on any atom is 0.321 e. The van der Waals surface area contributed by atoms with Crippen LogP contribution in [0.4, 0.5) is 0 Å². The third-order valence-corrected chi connectivity index (χ3v) is 5.09. The minimum absolute atomic E-state index is 0.0214. The van der Waals surface area contributed by atoms with Gasteiger partial charge in [-0.25, -0.2) is 8.42 Å². The fourth-order valence-electron chi connectivity index (χ4n) is 2.48. The molecular formula is C15H20N2O5S. The molecule has 1 aliphatic rings. The zero-order valence-electron chi connectivity index (χ0n) is 13.0. The van der Waals surface area contributed by atoms with Crippen LogP contribution >= 0.6 is 0 Å². The van der Waals surface area contributed by atoms with Gasteiger partial charge in [0.2, 0.25) is 10.0 Å². The Balaban J connectivity index is 2.30. The van der Waals surface area contributed by atoms with Crippen molar-refractivity contribution in [2.75, 3.05) is 6.54 Å². The van der Waals surface area contributed by atoms with E-state index >= 15 is 0 Å². The summed E-state index contributed by atoms with van der Waals surface area (Å²) in [6.45, 7) is 4.15. The molecule has 0 aliphatic carbocycles. The predicted molar refractivity (Wildman–Crippen MR) is 83.7 cm³/mol. The lowest BCUT2D eigenvalue weighted by molar-refractivity contribution is -0.139. The van der Waals surface area contributed by atoms with Crippen molar-refractivity contribution in [2.24, 2.45) is 5.92 Å². The molecule has 7 nitrogen and oxygen atoms in total. The van der Waals surface area contributed by atoms with E-state index in [1.807, 2.05) is 13.8 Å². The highest BCUT2D eigenvalue weighted by atomic mass is 32.2. The molecule has 0 saturated heterocycles. The number of carboxylic acid groups (broad SMARTS) is 1. The van der Waals surface area contributed by atoms with E-state index in [-0.39, 0.29) is 23.1 Å². The molecule has 1 aromatic carbocycles. The van der Waals surface area contributed by atoms with Crippen LogP contribution in [0.25, 0.3) is 0 Å². The Labute approximate surface area is 135 Å². The van der Waals surface area contributed by atoms with Crippen LogP contribution in [0.3, 0.4) is 0 Å². The van der Waals surface area contributed by atoms with Gasteiger partial charge in [0.05, 0.1) is 4.90 Å². The molecule has 1 heterocycles. The highest BCUT2D eigenvalue weighted by Gasteiger charge is 2.27. The van der Waals surface area contributed by atoms with E-state index in [0.717, 1.165) is 5.56 Å². The molecule has 3 N–H and O–H groups in total. The summed E-state index contributed by atoms with van der Waals surface area (Å²) in [7, 11) is -4.02. The van der Waals surface area contributed by atoms with E-state index in [1.54, 1.807) is 6.07 Å². The van der Waals surface area contributed by atoms with Crippen LogP contribution in [-0.4, -0.2) is 38.0 Å². The second-order valence-corrected chi connectivity index (χ2v) is 7.68. The average molecular weight is 340 g/mol. The second-order valence-electron chi connectivity index (χ2n) is 5.97. The van der Waals surface area contributed by atoms with Crippen LogP contribution in [0.2, 0.25) is 0 Å². The molecule has 1 aliphatic heterocycles. The minimum atomic E-state index is -4.02. The number of amides is 1. The maximum atomic E-state index is 12.4. The molecular weight excluding hydrogens is 320 g/mol. The van der Waals surface area contributed by atoms with Crippen LogP contribution in [-0.2, 0) is 21.2 Å². The van der Waals surface area contributed by atoms with Crippen LogP contribution in [0.15, 0.2) is 23.1 Å². The van der Waals surface area contributed by atoms with Gasteiger partial charge in [-0.1, -0.05) is 19.9 Å². The van der Waals surface area contributed by atoms with Crippen LogP contribution in [0.5, 0.6) is 0 Å². The summed E-state index contributed by atoms with van der Waals surface area (Å²) < 4.78 is 27.0. The van der Waals surface area contributed by atoms with E-state index < -0.39 is 22.0 Å². The first kappa shape index (κ1) is 17.4. The summed E-state index contributed by atoms with van der Waals surface area (Å²) in [4.78, 5) is 22.9. The molecule has 0 aromatic heterocycles. The summed E-state index contributed by atoms with van der Waals surface area (Å²) in [5, 5.41) is 11.8. The van der Waals surface area contributed by atoms with Gasteiger partial charge >= 0.3 is 5.97 Å². The number of nitrogens with one attached hydrogen (secondary N) is 2. The molecule has 0 unspecified atom stereocenters. The van der Waals surface area contributed by atoms with Crippen molar-refractivity contribution in [2.45, 2.75) is 37.6 Å². The number of hydrogen-bond acceptors (Lipinski definition) is 4. The summed E-state index contributed by atoms with van der Waals surface area (Å²) >= 11 is 0. The van der Waals surface area contributed by atoms with Crippen LogP contribution in [0.1, 0.15) is 36.2 Å². The molecule has 1 aromatic rings. The topological polar surface area (TPSA) is 113 Å². The number of rotatable bonds is 6. The van der Waals surface area contributed by atoms with Crippen molar-refractivity contribution in [3.63, 3.8) is 0 Å². The van der Waals surface area contributed by atoms with Crippen molar-refractivity contribution in [1.82, 2.24) is 10.0 Å². The zero-order valence-corrected chi connectivity index (χ0v) is 13.8. The van der Waals surface area contributed by atoms with Gasteiger partial charge in [0.15, 0.2) is 0 Å². The van der Waals surface area contributed by atoms with Crippen molar-refractivity contribution in [1.29, 1.82) is 0 Å². The molecule has 23 heavy (non-hydrogen) atoms. The number of carbonyl (C=O) groups is 2. The Bertz CT molecular complexity index is 727. The third-order valence-electron chi connectivity index (χ3n) is 3.62. The number of benzene rings is 1. The van der Waals surface area contributed by atoms with Gasteiger partial charge in [0.1, 0.15) is 6.04 Å². The van der Waals surface area contributed by atoms with Gasteiger partial charge in [-0.3, -0.25) is 9.59 Å². The maximum absolute atomic E-state index is 12.4. The van der Waals surface area contributed by atoms with Gasteiger partial charge in [-0.15, -0.1) is 0 Å². The van der Waals surface area contributed by atoms with E-state index in [0.29, 0.717) is 18.5 Å². The van der Waals surface area contributed by atoms with E-state index in [4.69, 9.17) is 0 Å². The van der Waals surface area contributed by atoms with Crippen molar-refractivity contribution >= 4 is 21.9 Å². The van der Waals surface area contributed by atoms with Gasteiger partial charge in [0, 0.05) is 12.1 Å². The monoisotopic (exact) mass is 340 g/mol. The van der Waals surface area contributed by atoms with Gasteiger partial charge in [-0.2, -0.15) is 4.72 Å². The average Bonchev–Trinajstić information content (AvgIpc) is 2.46. The molecule has 0 fully saturated rings. The quantitative estimate of drug-likeness (QED) is 0.707. The summed E-state index contributed by atoms with van der Waals surface area (Å²) in [5.74, 6) is -1.52. The van der Waals surface area contributed by atoms with Crippen molar-refractivity contribution in [3.8, 4) is 0 Å². The number of fused-ring (bicyclic) bond motifs is 1. The number of sulfonamides is 1. The molecule has 0 radical (unpaired) electrons. The molecule has 8 heteroatoms. The third kappa shape index (κ3) is 4.08. The number of carbonyl (C=O) groups excluding carboxylic acids is 1. The first-order valence-corrected chi connectivity index (χ1v) is 8.85. The number of carboxylic acids is 1. The minimum Gasteiger partial charge on any atom is -0.480 e. The Morgan fingerprint density at radius 1 is 1.39 bits per heavy atom. The first-order chi connectivity index (χ1) is 10.7. The van der Waals surface area contributed by atoms with Gasteiger partial charge in [-0.05, 0) is 36.5 Å². The number of hydrogen-bond donors (Lipinski definition) is 3. The molecule has 1 atom stereocenters. The fraction of sp³-hybridized carbons (Fsp3) is 0.467. The standard InChI is InChI=1S/C15H20N2O5S/c1-9(2)7-13(15(19)20)17-23(21,22)11-4-3-10-5-6-16-14(18)12(10)8-11/h3-4,8-9,13,17H,5-7H2,1-2H3,(H,16,18)(H,19,20)/t13-/m1/s1. The Kier molecular flexibility index (Phi) is 5.06. The van der Waals surface area contributed by atoms with E-state index in [2.05, 4.69) is 10.0 Å². The highest BCUT2D eigenvalue weighted by molar-refractivity contribution is 7.89.